The molecule has 34 heavy (non-hydrogen) atoms. The van der Waals surface area contributed by atoms with Gasteiger partial charge in [0, 0.05) is 35.3 Å². The molecule has 170 valence electrons. The van der Waals surface area contributed by atoms with Crippen molar-refractivity contribution < 1.29 is 9.59 Å². The standard InChI is InChI=1S/C26H23N5O2S/c1-18-22(26(33)30-14-12-24-19(17-30)13-15-34-24)8-5-9-23(18)28-25(32)11-10-20-16-27-31(29-20)21-6-3-2-4-7-21/h2-11,13,15-16H,12,14,17H2,1H3,(H,28,32)/b11-10+. The Labute approximate surface area is 201 Å². The Bertz CT molecular complexity index is 1370. The van der Waals surface area contributed by atoms with Crippen LogP contribution in [0.4, 0.5) is 5.69 Å². The van der Waals surface area contributed by atoms with Crippen molar-refractivity contribution in [3.63, 3.8) is 0 Å². The number of nitrogens with one attached hydrogen (secondary N) is 1. The number of amides is 2. The van der Waals surface area contributed by atoms with Gasteiger partial charge in [-0.2, -0.15) is 9.90 Å². The van der Waals surface area contributed by atoms with Crippen molar-refractivity contribution in [3.05, 3.63) is 99.5 Å². The highest BCUT2D eigenvalue weighted by Crippen LogP contribution is 2.27. The van der Waals surface area contributed by atoms with E-state index in [-0.39, 0.29) is 11.8 Å². The van der Waals surface area contributed by atoms with E-state index in [1.54, 1.807) is 35.7 Å². The van der Waals surface area contributed by atoms with E-state index in [0.717, 1.165) is 17.7 Å². The van der Waals surface area contributed by atoms with Gasteiger partial charge in [-0.1, -0.05) is 24.3 Å². The highest BCUT2D eigenvalue weighted by molar-refractivity contribution is 7.10. The Kier molecular flexibility index (Phi) is 6.05. The molecule has 0 saturated heterocycles. The second kappa shape index (κ2) is 9.44. The van der Waals surface area contributed by atoms with Gasteiger partial charge in [-0.05, 0) is 66.3 Å². The van der Waals surface area contributed by atoms with Crippen LogP contribution in [0.3, 0.4) is 0 Å². The molecule has 0 aliphatic carbocycles. The Hall–Kier alpha value is -4.04. The molecule has 8 heteroatoms. The van der Waals surface area contributed by atoms with Crippen LogP contribution in [0.2, 0.25) is 0 Å². The Balaban J connectivity index is 1.26. The van der Waals surface area contributed by atoms with Crippen molar-refractivity contribution in [3.8, 4) is 5.69 Å². The molecule has 1 N–H and O–H groups in total. The summed E-state index contributed by atoms with van der Waals surface area (Å²) < 4.78 is 0. The molecular formula is C26H23N5O2S. The number of aromatic nitrogens is 3. The van der Waals surface area contributed by atoms with Crippen LogP contribution in [0.1, 0.15) is 32.1 Å². The van der Waals surface area contributed by atoms with E-state index in [0.29, 0.717) is 30.0 Å². The predicted octanol–water partition coefficient (Wildman–Crippen LogP) is 4.49. The van der Waals surface area contributed by atoms with Gasteiger partial charge in [0.15, 0.2) is 0 Å². The van der Waals surface area contributed by atoms with Crippen LogP contribution in [0.5, 0.6) is 0 Å². The Morgan fingerprint density at radius 3 is 2.79 bits per heavy atom. The number of para-hydroxylation sites is 1. The molecule has 2 aromatic carbocycles. The van der Waals surface area contributed by atoms with Crippen LogP contribution in [-0.4, -0.2) is 38.3 Å². The summed E-state index contributed by atoms with van der Waals surface area (Å²) in [6.07, 6.45) is 5.50. The molecule has 5 rings (SSSR count). The summed E-state index contributed by atoms with van der Waals surface area (Å²) in [5, 5.41) is 13.6. The number of carbonyl (C=O) groups is 2. The van der Waals surface area contributed by atoms with E-state index >= 15 is 0 Å². The number of fused-ring (bicyclic) bond motifs is 1. The number of hydrogen-bond donors (Lipinski definition) is 1. The van der Waals surface area contributed by atoms with Crippen molar-refractivity contribution in [1.29, 1.82) is 0 Å². The first kappa shape index (κ1) is 21.8. The largest absolute Gasteiger partial charge is 0.334 e. The second-order valence-electron chi connectivity index (χ2n) is 8.04. The number of rotatable bonds is 5. The van der Waals surface area contributed by atoms with Gasteiger partial charge in [0.1, 0.15) is 5.69 Å². The monoisotopic (exact) mass is 469 g/mol. The fourth-order valence-electron chi connectivity index (χ4n) is 3.97. The van der Waals surface area contributed by atoms with Gasteiger partial charge in [0.05, 0.1) is 11.9 Å². The van der Waals surface area contributed by atoms with Gasteiger partial charge >= 0.3 is 0 Å². The molecule has 0 atom stereocenters. The van der Waals surface area contributed by atoms with Gasteiger partial charge < -0.3 is 10.2 Å². The first-order chi connectivity index (χ1) is 16.6. The maximum Gasteiger partial charge on any atom is 0.254 e. The average molecular weight is 470 g/mol. The fraction of sp³-hybridized carbons (Fsp3) is 0.154. The minimum atomic E-state index is -0.303. The summed E-state index contributed by atoms with van der Waals surface area (Å²) in [5.74, 6) is -0.318. The fourth-order valence-corrected chi connectivity index (χ4v) is 4.86. The SMILES string of the molecule is Cc1c(NC(=O)/C=C/c2cnn(-c3ccccc3)n2)cccc1C(=O)N1CCc2sccc2C1. The zero-order valence-corrected chi connectivity index (χ0v) is 19.5. The predicted molar refractivity (Wildman–Crippen MR) is 133 cm³/mol. The van der Waals surface area contributed by atoms with Gasteiger partial charge in [-0.15, -0.1) is 16.4 Å². The normalized spacial score (nSPS) is 13.1. The zero-order valence-electron chi connectivity index (χ0n) is 18.6. The molecule has 3 heterocycles. The summed E-state index contributed by atoms with van der Waals surface area (Å²) in [6, 6.07) is 17.1. The van der Waals surface area contributed by atoms with E-state index in [1.807, 2.05) is 48.2 Å². The molecule has 1 aliphatic rings. The second-order valence-corrected chi connectivity index (χ2v) is 9.04. The van der Waals surface area contributed by atoms with Crippen LogP contribution in [0.15, 0.2) is 72.3 Å². The molecule has 0 unspecified atom stereocenters. The molecule has 0 saturated carbocycles. The summed E-state index contributed by atoms with van der Waals surface area (Å²) in [5.41, 5.74) is 4.60. The number of nitrogens with zero attached hydrogens (tertiary/aromatic N) is 4. The van der Waals surface area contributed by atoms with Crippen LogP contribution in [0, 0.1) is 6.92 Å². The number of hydrogen-bond acceptors (Lipinski definition) is 5. The maximum absolute atomic E-state index is 13.2. The molecule has 0 fully saturated rings. The lowest BCUT2D eigenvalue weighted by Gasteiger charge is -2.28. The summed E-state index contributed by atoms with van der Waals surface area (Å²) in [7, 11) is 0. The highest BCUT2D eigenvalue weighted by Gasteiger charge is 2.24. The van der Waals surface area contributed by atoms with Crippen molar-refractivity contribution in [2.45, 2.75) is 19.9 Å². The Morgan fingerprint density at radius 2 is 1.94 bits per heavy atom. The number of carbonyl (C=O) groups excluding carboxylic acids is 2. The molecule has 1 aliphatic heterocycles. The van der Waals surface area contributed by atoms with Crippen molar-refractivity contribution >= 4 is 34.9 Å². The minimum Gasteiger partial charge on any atom is -0.334 e. The van der Waals surface area contributed by atoms with Crippen molar-refractivity contribution in [1.82, 2.24) is 19.9 Å². The molecule has 4 aromatic rings. The van der Waals surface area contributed by atoms with E-state index in [4.69, 9.17) is 0 Å². The average Bonchev–Trinajstić information content (AvgIpc) is 3.53. The lowest BCUT2D eigenvalue weighted by molar-refractivity contribution is -0.111. The van der Waals surface area contributed by atoms with Gasteiger partial charge in [-0.3, -0.25) is 9.59 Å². The van der Waals surface area contributed by atoms with Gasteiger partial charge in [-0.25, -0.2) is 0 Å². The van der Waals surface area contributed by atoms with Gasteiger partial charge in [0.25, 0.3) is 5.91 Å². The molecule has 7 nitrogen and oxygen atoms in total. The lowest BCUT2D eigenvalue weighted by atomic mass is 10.0. The summed E-state index contributed by atoms with van der Waals surface area (Å²) in [6.45, 7) is 3.19. The zero-order chi connectivity index (χ0) is 23.5. The van der Waals surface area contributed by atoms with Crippen LogP contribution in [0.25, 0.3) is 11.8 Å². The topological polar surface area (TPSA) is 80.1 Å². The first-order valence-electron chi connectivity index (χ1n) is 11.0. The van der Waals surface area contributed by atoms with Crippen molar-refractivity contribution in [2.75, 3.05) is 11.9 Å². The third-order valence-electron chi connectivity index (χ3n) is 5.82. The van der Waals surface area contributed by atoms with Crippen LogP contribution < -0.4 is 5.32 Å². The van der Waals surface area contributed by atoms with E-state index in [2.05, 4.69) is 27.0 Å². The highest BCUT2D eigenvalue weighted by atomic mass is 32.1. The summed E-state index contributed by atoms with van der Waals surface area (Å²) in [4.78, 5) is 30.5. The third-order valence-corrected chi connectivity index (χ3v) is 6.84. The van der Waals surface area contributed by atoms with Crippen LogP contribution in [-0.2, 0) is 17.8 Å². The maximum atomic E-state index is 13.2. The quantitative estimate of drug-likeness (QED) is 0.437. The number of anilines is 1. The lowest BCUT2D eigenvalue weighted by Crippen LogP contribution is -2.35. The van der Waals surface area contributed by atoms with Crippen LogP contribution >= 0.6 is 11.3 Å². The molecule has 0 bridgehead atoms. The number of thiophene rings is 1. The molecule has 0 radical (unpaired) electrons. The molecule has 0 spiro atoms. The van der Waals surface area contributed by atoms with Crippen molar-refractivity contribution in [2.24, 2.45) is 0 Å². The van der Waals surface area contributed by atoms with E-state index in [9.17, 15) is 9.59 Å². The Morgan fingerprint density at radius 1 is 1.09 bits per heavy atom. The summed E-state index contributed by atoms with van der Waals surface area (Å²) >= 11 is 1.75. The smallest absolute Gasteiger partial charge is 0.254 e. The molecule has 2 amide bonds. The van der Waals surface area contributed by atoms with E-state index < -0.39 is 0 Å². The third kappa shape index (κ3) is 4.53. The minimum absolute atomic E-state index is 0.0153. The molecular weight excluding hydrogens is 446 g/mol. The molecule has 2 aromatic heterocycles. The van der Waals surface area contributed by atoms with Gasteiger partial charge in [0.2, 0.25) is 5.91 Å². The van der Waals surface area contributed by atoms with E-state index in [1.165, 1.54) is 21.3 Å². The number of benzene rings is 2. The first-order valence-corrected chi connectivity index (χ1v) is 11.9.